The van der Waals surface area contributed by atoms with Gasteiger partial charge in [-0.1, -0.05) is 158 Å². The smallest absolute Gasteiger partial charge is 0.160 e. The lowest BCUT2D eigenvalue weighted by molar-refractivity contribution is 0.668. The zero-order valence-corrected chi connectivity index (χ0v) is 28.8. The highest BCUT2D eigenvalue weighted by Gasteiger charge is 2.25. The number of benzene rings is 8. The van der Waals surface area contributed by atoms with Gasteiger partial charge in [0.15, 0.2) is 5.84 Å². The van der Waals surface area contributed by atoms with Crippen LogP contribution < -0.4 is 5.32 Å². The third kappa shape index (κ3) is 5.67. The Balaban J connectivity index is 1.13. The van der Waals surface area contributed by atoms with Gasteiger partial charge in [0.05, 0.1) is 0 Å². The summed E-state index contributed by atoms with van der Waals surface area (Å²) in [7, 11) is 0. The summed E-state index contributed by atoms with van der Waals surface area (Å²) in [5.74, 6) is 1.43. The molecule has 0 aliphatic carbocycles. The molecule has 0 amide bonds. The van der Waals surface area contributed by atoms with Crippen LogP contribution in [0.25, 0.3) is 66.1 Å². The van der Waals surface area contributed by atoms with Gasteiger partial charge in [-0.05, 0) is 74.5 Å². The first-order valence-electron chi connectivity index (χ1n) is 17.9. The van der Waals surface area contributed by atoms with Crippen LogP contribution >= 0.6 is 0 Å². The van der Waals surface area contributed by atoms with Crippen LogP contribution in [-0.4, -0.2) is 11.7 Å². The number of amidine groups is 2. The molecular formula is C49H33N3O. The lowest BCUT2D eigenvalue weighted by Gasteiger charge is -2.25. The predicted octanol–water partition coefficient (Wildman–Crippen LogP) is 12.2. The predicted molar refractivity (Wildman–Crippen MR) is 219 cm³/mol. The molecule has 1 aliphatic heterocycles. The van der Waals surface area contributed by atoms with Crippen molar-refractivity contribution in [2.75, 3.05) is 0 Å². The van der Waals surface area contributed by atoms with Gasteiger partial charge in [0.25, 0.3) is 0 Å². The third-order valence-electron chi connectivity index (χ3n) is 10.1. The summed E-state index contributed by atoms with van der Waals surface area (Å²) in [4.78, 5) is 10.7. The SMILES string of the molecule is c1ccc(-c2ccc3cc(C4=NC(c5cccc6oc7cc(-c8ccccc8)ccc7c56)=NC(c5ccccc5-c5ccccc5)N4)ccc3c2)cc1. The summed E-state index contributed by atoms with van der Waals surface area (Å²) < 4.78 is 6.52. The molecular weight excluding hydrogens is 647 g/mol. The van der Waals surface area contributed by atoms with Crippen LogP contribution in [0.4, 0.5) is 0 Å². The molecule has 0 fully saturated rings. The minimum absolute atomic E-state index is 0.386. The van der Waals surface area contributed by atoms with Gasteiger partial charge in [0.2, 0.25) is 0 Å². The summed E-state index contributed by atoms with van der Waals surface area (Å²) in [5, 5.41) is 8.11. The minimum atomic E-state index is -0.386. The number of nitrogens with one attached hydrogen (secondary N) is 1. The molecule has 0 radical (unpaired) electrons. The summed E-state index contributed by atoms with van der Waals surface area (Å²) in [6.45, 7) is 0. The van der Waals surface area contributed by atoms with E-state index < -0.39 is 0 Å². The molecule has 53 heavy (non-hydrogen) atoms. The Bertz CT molecular complexity index is 2850. The number of furan rings is 1. The molecule has 1 aliphatic rings. The molecule has 0 spiro atoms. The average Bonchev–Trinajstić information content (AvgIpc) is 3.62. The van der Waals surface area contributed by atoms with Crippen LogP contribution in [0.1, 0.15) is 22.9 Å². The van der Waals surface area contributed by atoms with E-state index in [9.17, 15) is 0 Å². The Morgan fingerprint density at radius 3 is 1.75 bits per heavy atom. The Labute approximate surface area is 307 Å². The maximum absolute atomic E-state index is 6.52. The second kappa shape index (κ2) is 12.9. The average molecular weight is 680 g/mol. The first-order valence-corrected chi connectivity index (χ1v) is 17.9. The quantitative estimate of drug-likeness (QED) is 0.190. The molecule has 0 saturated carbocycles. The van der Waals surface area contributed by atoms with E-state index in [0.717, 1.165) is 72.1 Å². The fourth-order valence-electron chi connectivity index (χ4n) is 7.52. The molecule has 1 N–H and O–H groups in total. The second-order valence-electron chi connectivity index (χ2n) is 13.4. The summed E-state index contributed by atoms with van der Waals surface area (Å²) >= 11 is 0. The van der Waals surface area contributed by atoms with Gasteiger partial charge in [-0.3, -0.25) is 0 Å². The Hall–Kier alpha value is -7.04. The topological polar surface area (TPSA) is 49.9 Å². The van der Waals surface area contributed by atoms with Crippen LogP contribution in [0.2, 0.25) is 0 Å². The number of aliphatic imine (C=N–C) groups is 2. The molecule has 1 atom stereocenters. The molecule has 10 rings (SSSR count). The van der Waals surface area contributed by atoms with Gasteiger partial charge in [0.1, 0.15) is 23.2 Å². The van der Waals surface area contributed by atoms with Crippen molar-refractivity contribution in [1.82, 2.24) is 5.32 Å². The molecule has 0 saturated heterocycles. The Morgan fingerprint density at radius 1 is 0.434 bits per heavy atom. The largest absolute Gasteiger partial charge is 0.456 e. The summed E-state index contributed by atoms with van der Waals surface area (Å²) in [5.41, 5.74) is 11.6. The van der Waals surface area contributed by atoms with Crippen molar-refractivity contribution in [2.45, 2.75) is 6.17 Å². The molecule has 2 heterocycles. The number of nitrogens with zero attached hydrogens (tertiary/aromatic N) is 2. The molecule has 4 nitrogen and oxygen atoms in total. The normalized spacial score (nSPS) is 14.2. The molecule has 8 aromatic carbocycles. The monoisotopic (exact) mass is 679 g/mol. The summed E-state index contributed by atoms with van der Waals surface area (Å²) in [6.07, 6.45) is -0.386. The number of fused-ring (bicyclic) bond motifs is 4. The molecule has 1 aromatic heterocycles. The van der Waals surface area contributed by atoms with E-state index in [0.29, 0.717) is 5.84 Å². The van der Waals surface area contributed by atoms with Crippen molar-refractivity contribution in [2.24, 2.45) is 9.98 Å². The lowest BCUT2D eigenvalue weighted by atomic mass is 9.96. The van der Waals surface area contributed by atoms with Crippen molar-refractivity contribution >= 4 is 44.4 Å². The third-order valence-corrected chi connectivity index (χ3v) is 10.1. The van der Waals surface area contributed by atoms with Crippen LogP contribution in [0.5, 0.6) is 0 Å². The van der Waals surface area contributed by atoms with Crippen LogP contribution in [0, 0.1) is 0 Å². The number of hydrogen-bond acceptors (Lipinski definition) is 4. The molecule has 1 unspecified atom stereocenters. The Kier molecular flexibility index (Phi) is 7.51. The van der Waals surface area contributed by atoms with E-state index in [4.69, 9.17) is 14.4 Å². The van der Waals surface area contributed by atoms with Crippen molar-refractivity contribution in [3.8, 4) is 33.4 Å². The van der Waals surface area contributed by atoms with E-state index >= 15 is 0 Å². The van der Waals surface area contributed by atoms with Crippen molar-refractivity contribution in [3.05, 3.63) is 205 Å². The highest BCUT2D eigenvalue weighted by Crippen LogP contribution is 2.37. The molecule has 9 aromatic rings. The standard InChI is InChI=1S/C49H33N3O/c1-4-13-32(14-5-1)35-23-24-37-30-39(26-25-36(37)29-35)47-50-48(41-20-11-10-19-40(41)34-17-8-3-9-18-34)52-49(51-47)43-21-12-22-44-46(43)42-28-27-38(31-45(42)53-44)33-15-6-2-7-16-33/h1-31,48H,(H,50,51,52). The Morgan fingerprint density at radius 2 is 1.02 bits per heavy atom. The van der Waals surface area contributed by atoms with E-state index in [1.807, 2.05) is 24.3 Å². The molecule has 0 bridgehead atoms. The van der Waals surface area contributed by atoms with Gasteiger partial charge in [0, 0.05) is 27.5 Å². The van der Waals surface area contributed by atoms with Crippen LogP contribution in [0.15, 0.2) is 202 Å². The van der Waals surface area contributed by atoms with Crippen LogP contribution in [0.3, 0.4) is 0 Å². The number of hydrogen-bond donors (Lipinski definition) is 1. The van der Waals surface area contributed by atoms with Gasteiger partial charge < -0.3 is 9.73 Å². The van der Waals surface area contributed by atoms with E-state index in [1.54, 1.807) is 0 Å². The first-order chi connectivity index (χ1) is 26.2. The van der Waals surface area contributed by atoms with E-state index in [2.05, 4.69) is 169 Å². The van der Waals surface area contributed by atoms with Gasteiger partial charge >= 0.3 is 0 Å². The van der Waals surface area contributed by atoms with Crippen molar-refractivity contribution < 1.29 is 4.42 Å². The maximum atomic E-state index is 6.52. The van der Waals surface area contributed by atoms with E-state index in [1.165, 1.54) is 16.5 Å². The van der Waals surface area contributed by atoms with Crippen LogP contribution in [-0.2, 0) is 0 Å². The molecule has 4 heteroatoms. The van der Waals surface area contributed by atoms with Crippen molar-refractivity contribution in [3.63, 3.8) is 0 Å². The zero-order chi connectivity index (χ0) is 35.1. The molecule has 250 valence electrons. The van der Waals surface area contributed by atoms with Gasteiger partial charge in [-0.25, -0.2) is 9.98 Å². The highest BCUT2D eigenvalue weighted by molar-refractivity contribution is 6.22. The van der Waals surface area contributed by atoms with Gasteiger partial charge in [-0.2, -0.15) is 0 Å². The first kappa shape index (κ1) is 30.8. The maximum Gasteiger partial charge on any atom is 0.160 e. The lowest BCUT2D eigenvalue weighted by Crippen LogP contribution is -2.33. The van der Waals surface area contributed by atoms with Gasteiger partial charge in [-0.15, -0.1) is 0 Å². The zero-order valence-electron chi connectivity index (χ0n) is 28.8. The second-order valence-corrected chi connectivity index (χ2v) is 13.4. The fraction of sp³-hybridized carbons (Fsp3) is 0.0204. The minimum Gasteiger partial charge on any atom is -0.456 e. The number of rotatable bonds is 6. The fourth-order valence-corrected chi connectivity index (χ4v) is 7.52. The van der Waals surface area contributed by atoms with E-state index in [-0.39, 0.29) is 6.17 Å². The van der Waals surface area contributed by atoms with Crippen molar-refractivity contribution in [1.29, 1.82) is 0 Å². The highest BCUT2D eigenvalue weighted by atomic mass is 16.3. The summed E-state index contributed by atoms with van der Waals surface area (Å²) in [6, 6.07) is 65.8.